The molecule has 0 bridgehead atoms. The van der Waals surface area contributed by atoms with Crippen molar-refractivity contribution in [1.29, 1.82) is 0 Å². The third-order valence-electron chi connectivity index (χ3n) is 4.08. The Bertz CT molecular complexity index is 720. The van der Waals surface area contributed by atoms with Gasteiger partial charge in [0.2, 0.25) is 0 Å². The fourth-order valence-corrected chi connectivity index (χ4v) is 2.83. The zero-order chi connectivity index (χ0) is 19.1. The lowest BCUT2D eigenvalue weighted by molar-refractivity contribution is -0.127. The number of hydrogen-bond donors (Lipinski definition) is 1. The Labute approximate surface area is 156 Å². The van der Waals surface area contributed by atoms with Gasteiger partial charge in [-0.3, -0.25) is 4.79 Å². The highest BCUT2D eigenvalue weighted by Crippen LogP contribution is 2.25. The number of ether oxygens (including phenoxy) is 2. The van der Waals surface area contributed by atoms with Crippen molar-refractivity contribution < 1.29 is 14.3 Å². The van der Waals surface area contributed by atoms with Crippen LogP contribution in [0.5, 0.6) is 11.5 Å². The number of carbonyl (C=O) groups excluding carboxylic acids is 1. The van der Waals surface area contributed by atoms with Crippen LogP contribution in [0.1, 0.15) is 43.4 Å². The molecule has 1 atom stereocenters. The fraction of sp³-hybridized carbons (Fsp3) is 0.409. The van der Waals surface area contributed by atoms with Gasteiger partial charge in [0, 0.05) is 0 Å². The van der Waals surface area contributed by atoms with E-state index < -0.39 is 6.10 Å². The first-order valence-corrected chi connectivity index (χ1v) is 9.11. The molecule has 140 valence electrons. The highest BCUT2D eigenvalue weighted by atomic mass is 16.5. The predicted molar refractivity (Wildman–Crippen MR) is 105 cm³/mol. The Balaban J connectivity index is 1.79. The summed E-state index contributed by atoms with van der Waals surface area (Å²) in [7, 11) is 0. The molecule has 2 aromatic rings. The van der Waals surface area contributed by atoms with Gasteiger partial charge < -0.3 is 14.8 Å². The molecule has 0 aliphatic rings. The lowest BCUT2D eigenvalue weighted by Gasteiger charge is -2.17. The molecule has 2 rings (SSSR count). The van der Waals surface area contributed by atoms with Gasteiger partial charge >= 0.3 is 0 Å². The molecule has 2 aromatic carbocycles. The van der Waals surface area contributed by atoms with Crippen molar-refractivity contribution in [2.24, 2.45) is 0 Å². The average molecular weight is 355 g/mol. The summed E-state index contributed by atoms with van der Waals surface area (Å²) in [5.41, 5.74) is 3.40. The molecule has 1 amide bonds. The third kappa shape index (κ3) is 5.80. The molecule has 4 heteroatoms. The van der Waals surface area contributed by atoms with Crippen LogP contribution in [0.3, 0.4) is 0 Å². The smallest absolute Gasteiger partial charge is 0.260 e. The average Bonchev–Trinajstić information content (AvgIpc) is 2.57. The Hall–Kier alpha value is -2.49. The third-order valence-corrected chi connectivity index (χ3v) is 4.08. The van der Waals surface area contributed by atoms with Crippen LogP contribution in [0.2, 0.25) is 0 Å². The Morgan fingerprint density at radius 3 is 2.35 bits per heavy atom. The maximum absolute atomic E-state index is 12.2. The van der Waals surface area contributed by atoms with E-state index in [0.29, 0.717) is 24.8 Å². The van der Waals surface area contributed by atoms with Crippen molar-refractivity contribution in [3.05, 3.63) is 59.2 Å². The molecule has 0 fully saturated rings. The van der Waals surface area contributed by atoms with E-state index in [1.54, 1.807) is 6.92 Å². The van der Waals surface area contributed by atoms with Gasteiger partial charge in [-0.25, -0.2) is 0 Å². The van der Waals surface area contributed by atoms with Crippen molar-refractivity contribution >= 4 is 5.91 Å². The molecule has 1 N–H and O–H groups in total. The minimum Gasteiger partial charge on any atom is -0.491 e. The molecule has 4 nitrogen and oxygen atoms in total. The van der Waals surface area contributed by atoms with E-state index in [1.807, 2.05) is 44.2 Å². The Morgan fingerprint density at radius 1 is 1.04 bits per heavy atom. The first kappa shape index (κ1) is 19.8. The normalized spacial score (nSPS) is 11.9. The molecule has 0 saturated carbocycles. The summed E-state index contributed by atoms with van der Waals surface area (Å²) < 4.78 is 11.6. The van der Waals surface area contributed by atoms with Crippen molar-refractivity contribution in [1.82, 2.24) is 5.32 Å². The zero-order valence-electron chi connectivity index (χ0n) is 16.3. The van der Waals surface area contributed by atoms with E-state index in [2.05, 4.69) is 31.3 Å². The summed E-state index contributed by atoms with van der Waals surface area (Å²) in [5.74, 6) is 1.83. The molecule has 26 heavy (non-hydrogen) atoms. The van der Waals surface area contributed by atoms with E-state index in [0.717, 1.165) is 16.9 Å². The predicted octanol–water partition coefficient (Wildman–Crippen LogP) is 4.39. The molecule has 0 heterocycles. The number of amides is 1. The number of benzene rings is 2. The highest BCUT2D eigenvalue weighted by molar-refractivity contribution is 5.80. The molecular formula is C22H29NO3. The SMILES string of the molecule is Cc1cc(C)cc(OC(C)C(=O)NCCOc2ccccc2C(C)C)c1. The van der Waals surface area contributed by atoms with Gasteiger partial charge in [-0.2, -0.15) is 0 Å². The van der Waals surface area contributed by atoms with E-state index in [1.165, 1.54) is 5.56 Å². The number of aryl methyl sites for hydroxylation is 2. The number of para-hydroxylation sites is 1. The molecule has 0 aliphatic carbocycles. The van der Waals surface area contributed by atoms with Crippen molar-refractivity contribution in [2.45, 2.75) is 46.6 Å². The highest BCUT2D eigenvalue weighted by Gasteiger charge is 2.14. The summed E-state index contributed by atoms with van der Waals surface area (Å²) in [6.45, 7) is 10.9. The van der Waals surface area contributed by atoms with Crippen LogP contribution >= 0.6 is 0 Å². The Morgan fingerprint density at radius 2 is 1.69 bits per heavy atom. The standard InChI is InChI=1S/C22H29NO3/c1-15(2)20-8-6-7-9-21(20)25-11-10-23-22(24)18(5)26-19-13-16(3)12-17(4)14-19/h6-9,12-15,18H,10-11H2,1-5H3,(H,23,24). The van der Waals surface area contributed by atoms with Gasteiger partial charge in [0.15, 0.2) is 6.10 Å². The second-order valence-corrected chi connectivity index (χ2v) is 6.92. The number of hydrogen-bond acceptors (Lipinski definition) is 3. The Kier molecular flexibility index (Phi) is 7.07. The summed E-state index contributed by atoms with van der Waals surface area (Å²) in [4.78, 5) is 12.2. The van der Waals surface area contributed by atoms with Crippen molar-refractivity contribution in [3.8, 4) is 11.5 Å². The summed E-state index contributed by atoms with van der Waals surface area (Å²) in [6.07, 6.45) is -0.556. The summed E-state index contributed by atoms with van der Waals surface area (Å²) in [6, 6.07) is 13.9. The van der Waals surface area contributed by atoms with Crippen LogP contribution in [0.4, 0.5) is 0 Å². The fourth-order valence-electron chi connectivity index (χ4n) is 2.83. The zero-order valence-corrected chi connectivity index (χ0v) is 16.3. The maximum atomic E-state index is 12.2. The van der Waals surface area contributed by atoms with Crippen LogP contribution in [-0.4, -0.2) is 25.2 Å². The van der Waals surface area contributed by atoms with Gasteiger partial charge in [0.25, 0.3) is 5.91 Å². The molecular weight excluding hydrogens is 326 g/mol. The summed E-state index contributed by atoms with van der Waals surface area (Å²) in [5, 5.41) is 2.86. The van der Waals surface area contributed by atoms with Crippen LogP contribution in [-0.2, 0) is 4.79 Å². The number of rotatable bonds is 8. The lowest BCUT2D eigenvalue weighted by atomic mass is 10.0. The van der Waals surface area contributed by atoms with Gasteiger partial charge in [0.1, 0.15) is 18.1 Å². The number of carbonyl (C=O) groups is 1. The van der Waals surface area contributed by atoms with Crippen LogP contribution in [0, 0.1) is 13.8 Å². The summed E-state index contributed by atoms with van der Waals surface area (Å²) >= 11 is 0. The van der Waals surface area contributed by atoms with Crippen LogP contribution in [0.15, 0.2) is 42.5 Å². The van der Waals surface area contributed by atoms with Crippen molar-refractivity contribution in [2.75, 3.05) is 13.2 Å². The molecule has 0 spiro atoms. The van der Waals surface area contributed by atoms with Gasteiger partial charge in [0.05, 0.1) is 6.54 Å². The quantitative estimate of drug-likeness (QED) is 0.715. The van der Waals surface area contributed by atoms with E-state index in [-0.39, 0.29) is 5.91 Å². The molecule has 0 saturated heterocycles. The van der Waals surface area contributed by atoms with E-state index in [9.17, 15) is 4.79 Å². The molecule has 1 unspecified atom stereocenters. The first-order valence-electron chi connectivity index (χ1n) is 9.11. The minimum atomic E-state index is -0.556. The van der Waals surface area contributed by atoms with Gasteiger partial charge in [-0.1, -0.05) is 38.1 Å². The van der Waals surface area contributed by atoms with Crippen LogP contribution in [0.25, 0.3) is 0 Å². The van der Waals surface area contributed by atoms with E-state index in [4.69, 9.17) is 9.47 Å². The van der Waals surface area contributed by atoms with Gasteiger partial charge in [-0.05, 0) is 61.6 Å². The molecule has 0 aliphatic heterocycles. The second-order valence-electron chi connectivity index (χ2n) is 6.92. The topological polar surface area (TPSA) is 47.6 Å². The number of nitrogens with one attached hydrogen (secondary N) is 1. The van der Waals surface area contributed by atoms with E-state index >= 15 is 0 Å². The van der Waals surface area contributed by atoms with Crippen LogP contribution < -0.4 is 14.8 Å². The largest absolute Gasteiger partial charge is 0.491 e. The monoisotopic (exact) mass is 355 g/mol. The minimum absolute atomic E-state index is 0.148. The second kappa shape index (κ2) is 9.27. The molecule has 0 aromatic heterocycles. The van der Waals surface area contributed by atoms with Crippen molar-refractivity contribution in [3.63, 3.8) is 0 Å². The first-order chi connectivity index (χ1) is 12.4. The lowest BCUT2D eigenvalue weighted by Crippen LogP contribution is -2.38. The maximum Gasteiger partial charge on any atom is 0.260 e. The molecule has 0 radical (unpaired) electrons. The van der Waals surface area contributed by atoms with Gasteiger partial charge in [-0.15, -0.1) is 0 Å².